The van der Waals surface area contributed by atoms with Crippen molar-refractivity contribution in [1.82, 2.24) is 15.1 Å². The Hall–Kier alpha value is -1.13. The van der Waals surface area contributed by atoms with Crippen LogP contribution < -0.4 is 5.32 Å². The Labute approximate surface area is 113 Å². The number of nitrogens with one attached hydrogen (secondary N) is 1. The highest BCUT2D eigenvalue weighted by atomic mass is 32.1. The van der Waals surface area contributed by atoms with E-state index in [2.05, 4.69) is 60.3 Å². The maximum atomic E-state index is 4.57. The van der Waals surface area contributed by atoms with Crippen LogP contribution >= 0.6 is 11.3 Å². The summed E-state index contributed by atoms with van der Waals surface area (Å²) < 4.78 is 2.03. The number of hydrogen-bond acceptors (Lipinski definition) is 3. The molecule has 0 aliphatic carbocycles. The second-order valence-corrected chi connectivity index (χ2v) is 6.34. The van der Waals surface area contributed by atoms with Crippen molar-refractivity contribution in [2.45, 2.75) is 45.8 Å². The van der Waals surface area contributed by atoms with E-state index in [0.717, 1.165) is 25.2 Å². The van der Waals surface area contributed by atoms with Crippen LogP contribution in [0, 0.1) is 0 Å². The Balaban J connectivity index is 1.82. The van der Waals surface area contributed by atoms with Gasteiger partial charge in [0.2, 0.25) is 0 Å². The molecule has 0 radical (unpaired) electrons. The molecule has 0 atom stereocenters. The molecule has 1 N–H and O–H groups in total. The van der Waals surface area contributed by atoms with Crippen LogP contribution in [-0.2, 0) is 19.5 Å². The molecule has 0 fully saturated rings. The molecule has 2 heterocycles. The zero-order chi connectivity index (χ0) is 13.0. The molecule has 0 bridgehead atoms. The van der Waals surface area contributed by atoms with Crippen LogP contribution in [0.3, 0.4) is 0 Å². The molecule has 18 heavy (non-hydrogen) atoms. The van der Waals surface area contributed by atoms with E-state index in [1.807, 2.05) is 4.68 Å². The highest BCUT2D eigenvalue weighted by molar-refractivity contribution is 7.07. The normalized spacial score (nSPS) is 11.9. The number of hydrogen-bond donors (Lipinski definition) is 1. The van der Waals surface area contributed by atoms with Gasteiger partial charge in [-0.2, -0.15) is 16.4 Å². The summed E-state index contributed by atoms with van der Waals surface area (Å²) in [5.74, 6) is 0. The number of nitrogens with zero attached hydrogens (tertiary/aromatic N) is 2. The summed E-state index contributed by atoms with van der Waals surface area (Å²) in [4.78, 5) is 0. The van der Waals surface area contributed by atoms with Gasteiger partial charge in [0.05, 0.1) is 5.69 Å². The maximum Gasteiger partial charge on any atom is 0.0762 e. The molecule has 3 nitrogen and oxygen atoms in total. The molecule has 2 rings (SSSR count). The van der Waals surface area contributed by atoms with E-state index in [9.17, 15) is 0 Å². The Morgan fingerprint density at radius 1 is 1.33 bits per heavy atom. The van der Waals surface area contributed by atoms with E-state index < -0.39 is 0 Å². The first-order valence-electron chi connectivity index (χ1n) is 6.31. The van der Waals surface area contributed by atoms with Crippen molar-refractivity contribution in [3.05, 3.63) is 40.3 Å². The van der Waals surface area contributed by atoms with Crippen molar-refractivity contribution in [3.8, 4) is 0 Å². The smallest absolute Gasteiger partial charge is 0.0762 e. The number of thiophene rings is 1. The Kier molecular flexibility index (Phi) is 4.19. The van der Waals surface area contributed by atoms with E-state index in [1.165, 1.54) is 5.56 Å². The molecule has 4 heteroatoms. The molecule has 0 aliphatic rings. The molecule has 0 aromatic carbocycles. The summed E-state index contributed by atoms with van der Waals surface area (Å²) in [5, 5.41) is 12.3. The van der Waals surface area contributed by atoms with E-state index in [4.69, 9.17) is 0 Å². The molecule has 0 spiro atoms. The van der Waals surface area contributed by atoms with Crippen molar-refractivity contribution >= 4 is 11.3 Å². The summed E-state index contributed by atoms with van der Waals surface area (Å²) in [6, 6.07) is 4.27. The summed E-state index contributed by atoms with van der Waals surface area (Å²) in [6.07, 6.45) is 3.11. The first-order valence-corrected chi connectivity index (χ1v) is 7.26. The van der Waals surface area contributed by atoms with Crippen molar-refractivity contribution in [1.29, 1.82) is 0 Å². The lowest BCUT2D eigenvalue weighted by Crippen LogP contribution is -2.35. The monoisotopic (exact) mass is 263 g/mol. The molecule has 0 saturated heterocycles. The van der Waals surface area contributed by atoms with Crippen LogP contribution in [0.5, 0.6) is 0 Å². The first kappa shape index (κ1) is 13.3. The van der Waals surface area contributed by atoms with Gasteiger partial charge in [-0.15, -0.1) is 0 Å². The van der Waals surface area contributed by atoms with Gasteiger partial charge in [0.25, 0.3) is 0 Å². The van der Waals surface area contributed by atoms with Gasteiger partial charge < -0.3 is 5.32 Å². The zero-order valence-corrected chi connectivity index (χ0v) is 12.1. The molecule has 2 aromatic heterocycles. The predicted molar refractivity (Wildman–Crippen MR) is 76.8 cm³/mol. The largest absolute Gasteiger partial charge is 0.306 e. The molecule has 0 aliphatic heterocycles. The molecule has 0 unspecified atom stereocenters. The van der Waals surface area contributed by atoms with E-state index in [1.54, 1.807) is 11.3 Å². The quantitative estimate of drug-likeness (QED) is 0.898. The number of aryl methyl sites for hydroxylation is 2. The third-order valence-electron chi connectivity index (χ3n) is 2.71. The zero-order valence-electron chi connectivity index (χ0n) is 11.3. The van der Waals surface area contributed by atoms with E-state index >= 15 is 0 Å². The fourth-order valence-electron chi connectivity index (χ4n) is 1.66. The van der Waals surface area contributed by atoms with Gasteiger partial charge in [0, 0.05) is 24.8 Å². The molecular formula is C14H21N3S. The summed E-state index contributed by atoms with van der Waals surface area (Å²) in [7, 11) is 0. The Morgan fingerprint density at radius 3 is 2.83 bits per heavy atom. The molecular weight excluding hydrogens is 242 g/mol. The van der Waals surface area contributed by atoms with E-state index in [-0.39, 0.29) is 5.54 Å². The Morgan fingerprint density at radius 2 is 2.17 bits per heavy atom. The van der Waals surface area contributed by atoms with Gasteiger partial charge in [-0.05, 0) is 55.6 Å². The fraction of sp³-hybridized carbons (Fsp3) is 0.500. The second-order valence-electron chi connectivity index (χ2n) is 5.56. The number of rotatable bonds is 5. The van der Waals surface area contributed by atoms with Gasteiger partial charge in [0.1, 0.15) is 0 Å². The fourth-order valence-corrected chi connectivity index (χ4v) is 2.36. The topological polar surface area (TPSA) is 29.9 Å². The lowest BCUT2D eigenvalue weighted by atomic mass is 10.1. The van der Waals surface area contributed by atoms with Crippen molar-refractivity contribution in [2.24, 2.45) is 0 Å². The second kappa shape index (κ2) is 5.67. The van der Waals surface area contributed by atoms with Crippen molar-refractivity contribution in [2.75, 3.05) is 0 Å². The van der Waals surface area contributed by atoms with Crippen LogP contribution in [0.4, 0.5) is 0 Å². The minimum Gasteiger partial charge on any atom is -0.306 e. The minimum absolute atomic E-state index is 0.139. The third kappa shape index (κ3) is 4.27. The van der Waals surface area contributed by atoms with Crippen LogP contribution in [0.25, 0.3) is 0 Å². The number of aromatic nitrogens is 2. The van der Waals surface area contributed by atoms with Crippen LogP contribution in [0.1, 0.15) is 32.0 Å². The van der Waals surface area contributed by atoms with Crippen molar-refractivity contribution < 1.29 is 0 Å². The van der Waals surface area contributed by atoms with Crippen LogP contribution in [0.2, 0.25) is 0 Å². The third-order valence-corrected chi connectivity index (χ3v) is 3.44. The molecule has 0 amide bonds. The average molecular weight is 263 g/mol. The summed E-state index contributed by atoms with van der Waals surface area (Å²) in [5.41, 5.74) is 2.64. The predicted octanol–water partition coefficient (Wildman–Crippen LogP) is 3.08. The summed E-state index contributed by atoms with van der Waals surface area (Å²) >= 11 is 1.75. The maximum absolute atomic E-state index is 4.57. The van der Waals surface area contributed by atoms with Crippen molar-refractivity contribution in [3.63, 3.8) is 0 Å². The lowest BCUT2D eigenvalue weighted by molar-refractivity contribution is 0.419. The molecule has 2 aromatic rings. The van der Waals surface area contributed by atoms with E-state index in [0.29, 0.717) is 0 Å². The van der Waals surface area contributed by atoms with Gasteiger partial charge in [-0.25, -0.2) is 0 Å². The molecule has 0 saturated carbocycles. The van der Waals surface area contributed by atoms with Gasteiger partial charge in [0.15, 0.2) is 0 Å². The van der Waals surface area contributed by atoms with Crippen LogP contribution in [0.15, 0.2) is 29.1 Å². The summed E-state index contributed by atoms with van der Waals surface area (Å²) in [6.45, 7) is 8.28. The van der Waals surface area contributed by atoms with Crippen LogP contribution in [-0.4, -0.2) is 15.3 Å². The lowest BCUT2D eigenvalue weighted by Gasteiger charge is -2.19. The molecule has 98 valence electrons. The Bertz CT molecular complexity index is 465. The standard InChI is InChI=1S/C14H21N3S/c1-14(2,3)15-10-13-5-8-17(16-13)7-4-12-6-9-18-11-12/h5-6,8-9,11,15H,4,7,10H2,1-3H3. The highest BCUT2D eigenvalue weighted by Gasteiger charge is 2.09. The highest BCUT2D eigenvalue weighted by Crippen LogP contribution is 2.08. The van der Waals surface area contributed by atoms with Gasteiger partial charge in [-0.3, -0.25) is 4.68 Å². The average Bonchev–Trinajstić information content (AvgIpc) is 2.94. The minimum atomic E-state index is 0.139. The van der Waals surface area contributed by atoms with Gasteiger partial charge >= 0.3 is 0 Å². The SMILES string of the molecule is CC(C)(C)NCc1ccn(CCc2ccsc2)n1. The van der Waals surface area contributed by atoms with Gasteiger partial charge in [-0.1, -0.05) is 0 Å². The first-order chi connectivity index (χ1) is 8.53.